The van der Waals surface area contributed by atoms with E-state index in [2.05, 4.69) is 0 Å². The SMILES string of the molecule is CC1(C)OB(C(=Cc2ccccc2C=O)CN)OC1(C)C. The monoisotopic (exact) mass is 287 g/mol. The van der Waals surface area contributed by atoms with E-state index in [1.54, 1.807) is 6.07 Å². The van der Waals surface area contributed by atoms with Crippen LogP contribution in [0.15, 0.2) is 29.7 Å². The van der Waals surface area contributed by atoms with Gasteiger partial charge in [-0.25, -0.2) is 0 Å². The molecular formula is C16H22BNO3. The zero-order valence-corrected chi connectivity index (χ0v) is 13.1. The van der Waals surface area contributed by atoms with Gasteiger partial charge in [-0.1, -0.05) is 30.3 Å². The summed E-state index contributed by atoms with van der Waals surface area (Å²) in [5.41, 5.74) is 7.31. The number of benzene rings is 1. The number of rotatable bonds is 4. The van der Waals surface area contributed by atoms with Crippen molar-refractivity contribution in [3.05, 3.63) is 40.9 Å². The molecule has 0 unspecified atom stereocenters. The molecule has 1 aromatic rings. The second kappa shape index (κ2) is 5.75. The van der Waals surface area contributed by atoms with Gasteiger partial charge in [-0.3, -0.25) is 4.79 Å². The van der Waals surface area contributed by atoms with Crippen LogP contribution in [-0.2, 0) is 9.31 Å². The summed E-state index contributed by atoms with van der Waals surface area (Å²) < 4.78 is 12.0. The van der Waals surface area contributed by atoms with Crippen molar-refractivity contribution in [2.75, 3.05) is 6.54 Å². The van der Waals surface area contributed by atoms with E-state index in [1.807, 2.05) is 52.0 Å². The third-order valence-electron chi connectivity index (χ3n) is 4.26. The molecule has 1 fully saturated rings. The minimum Gasteiger partial charge on any atom is -0.400 e. The Bertz CT molecular complexity index is 550. The van der Waals surface area contributed by atoms with Crippen molar-refractivity contribution >= 4 is 19.5 Å². The Balaban J connectivity index is 2.33. The highest BCUT2D eigenvalue weighted by Crippen LogP contribution is 2.38. The van der Waals surface area contributed by atoms with E-state index >= 15 is 0 Å². The van der Waals surface area contributed by atoms with Crippen molar-refractivity contribution in [1.82, 2.24) is 0 Å². The number of aldehydes is 1. The molecular weight excluding hydrogens is 265 g/mol. The van der Waals surface area contributed by atoms with Crippen molar-refractivity contribution in [3.63, 3.8) is 0 Å². The minimum absolute atomic E-state index is 0.310. The zero-order chi connectivity index (χ0) is 15.7. The second-order valence-electron chi connectivity index (χ2n) is 6.26. The van der Waals surface area contributed by atoms with Gasteiger partial charge in [-0.05, 0) is 38.7 Å². The van der Waals surface area contributed by atoms with E-state index in [0.717, 1.165) is 17.3 Å². The highest BCUT2D eigenvalue weighted by Gasteiger charge is 2.52. The van der Waals surface area contributed by atoms with Gasteiger partial charge >= 0.3 is 7.12 Å². The number of hydrogen-bond acceptors (Lipinski definition) is 4. The maximum absolute atomic E-state index is 11.1. The summed E-state index contributed by atoms with van der Waals surface area (Å²) in [5.74, 6) is 0. The Morgan fingerprint density at radius 3 is 2.14 bits per heavy atom. The fourth-order valence-electron chi connectivity index (χ4n) is 2.17. The largest absolute Gasteiger partial charge is 0.491 e. The third-order valence-corrected chi connectivity index (χ3v) is 4.26. The smallest absolute Gasteiger partial charge is 0.400 e. The molecule has 1 aromatic carbocycles. The molecule has 112 valence electrons. The van der Waals surface area contributed by atoms with Gasteiger partial charge in [0.05, 0.1) is 11.2 Å². The van der Waals surface area contributed by atoms with Crippen molar-refractivity contribution in [2.45, 2.75) is 38.9 Å². The first-order valence-electron chi connectivity index (χ1n) is 7.11. The van der Waals surface area contributed by atoms with Gasteiger partial charge in [0, 0.05) is 12.1 Å². The van der Waals surface area contributed by atoms with Crippen LogP contribution in [-0.4, -0.2) is 31.2 Å². The molecule has 0 spiro atoms. The Kier molecular flexibility index (Phi) is 4.37. The van der Waals surface area contributed by atoms with E-state index < -0.39 is 18.3 Å². The molecule has 2 rings (SSSR count). The summed E-state index contributed by atoms with van der Waals surface area (Å²) >= 11 is 0. The molecule has 0 aromatic heterocycles. The van der Waals surface area contributed by atoms with Gasteiger partial charge in [-0.2, -0.15) is 0 Å². The molecule has 2 N–H and O–H groups in total. The molecule has 5 heteroatoms. The molecule has 1 heterocycles. The summed E-state index contributed by atoms with van der Waals surface area (Å²) in [6.07, 6.45) is 2.72. The third kappa shape index (κ3) is 3.10. The van der Waals surface area contributed by atoms with Crippen molar-refractivity contribution in [2.24, 2.45) is 5.73 Å². The molecule has 0 atom stereocenters. The molecule has 0 amide bonds. The van der Waals surface area contributed by atoms with Gasteiger partial charge in [-0.15, -0.1) is 0 Å². The summed E-state index contributed by atoms with van der Waals surface area (Å²) in [5, 5.41) is 0. The summed E-state index contributed by atoms with van der Waals surface area (Å²) in [7, 11) is -0.486. The Hall–Kier alpha value is -1.43. The first-order valence-corrected chi connectivity index (χ1v) is 7.11. The zero-order valence-electron chi connectivity index (χ0n) is 13.1. The molecule has 1 aliphatic rings. The van der Waals surface area contributed by atoms with E-state index in [9.17, 15) is 4.79 Å². The van der Waals surface area contributed by atoms with E-state index in [-0.39, 0.29) is 0 Å². The standard InChI is InChI=1S/C16H22BNO3/c1-15(2)16(3,4)21-17(20-15)14(10-18)9-12-7-5-6-8-13(12)11-19/h5-9,11H,10,18H2,1-4H3. The maximum Gasteiger partial charge on any atom is 0.491 e. The van der Waals surface area contributed by atoms with E-state index in [4.69, 9.17) is 15.0 Å². The van der Waals surface area contributed by atoms with Gasteiger partial charge in [0.1, 0.15) is 0 Å². The lowest BCUT2D eigenvalue weighted by Gasteiger charge is -2.32. The fraction of sp³-hybridized carbons (Fsp3) is 0.438. The highest BCUT2D eigenvalue weighted by atomic mass is 16.7. The van der Waals surface area contributed by atoms with Crippen LogP contribution < -0.4 is 5.73 Å². The second-order valence-corrected chi connectivity index (χ2v) is 6.26. The van der Waals surface area contributed by atoms with Crippen LogP contribution in [0.25, 0.3) is 6.08 Å². The first-order chi connectivity index (χ1) is 9.80. The average molecular weight is 287 g/mol. The van der Waals surface area contributed by atoms with Crippen molar-refractivity contribution in [1.29, 1.82) is 0 Å². The average Bonchev–Trinajstić information content (AvgIpc) is 2.65. The van der Waals surface area contributed by atoms with Gasteiger partial charge in [0.2, 0.25) is 0 Å². The lowest BCUT2D eigenvalue weighted by Crippen LogP contribution is -2.41. The topological polar surface area (TPSA) is 61.5 Å². The van der Waals surface area contributed by atoms with Crippen LogP contribution in [0.5, 0.6) is 0 Å². The fourth-order valence-corrected chi connectivity index (χ4v) is 2.17. The maximum atomic E-state index is 11.1. The predicted molar refractivity (Wildman–Crippen MR) is 84.9 cm³/mol. The summed E-state index contributed by atoms with van der Waals surface area (Å²) in [4.78, 5) is 11.1. The molecule has 21 heavy (non-hydrogen) atoms. The number of carbonyl (C=O) groups excluding carboxylic acids is 1. The summed E-state index contributed by atoms with van der Waals surface area (Å²) in [6.45, 7) is 8.31. The molecule has 1 aliphatic heterocycles. The summed E-state index contributed by atoms with van der Waals surface area (Å²) in [6, 6.07) is 7.37. The van der Waals surface area contributed by atoms with Crippen LogP contribution in [0, 0.1) is 0 Å². The Labute approximate surface area is 126 Å². The number of carbonyl (C=O) groups is 1. The van der Waals surface area contributed by atoms with Crippen LogP contribution >= 0.6 is 0 Å². The van der Waals surface area contributed by atoms with Gasteiger partial charge in [0.15, 0.2) is 6.29 Å². The van der Waals surface area contributed by atoms with Crippen LogP contribution in [0.4, 0.5) is 0 Å². The lowest BCUT2D eigenvalue weighted by molar-refractivity contribution is 0.00578. The first kappa shape index (κ1) is 16.0. The van der Waals surface area contributed by atoms with E-state index in [1.165, 1.54) is 0 Å². The normalized spacial score (nSPS) is 20.6. The predicted octanol–water partition coefficient (Wildman–Crippen LogP) is 2.47. The van der Waals surface area contributed by atoms with Crippen LogP contribution in [0.3, 0.4) is 0 Å². The quantitative estimate of drug-likeness (QED) is 0.682. The molecule has 1 saturated heterocycles. The Morgan fingerprint density at radius 2 is 1.67 bits per heavy atom. The lowest BCUT2D eigenvalue weighted by atomic mass is 9.77. The Morgan fingerprint density at radius 1 is 1.14 bits per heavy atom. The van der Waals surface area contributed by atoms with Crippen LogP contribution in [0.1, 0.15) is 43.6 Å². The van der Waals surface area contributed by atoms with Gasteiger partial charge in [0.25, 0.3) is 0 Å². The molecule has 0 saturated carbocycles. The molecule has 0 aliphatic carbocycles. The minimum atomic E-state index is -0.486. The molecule has 0 bridgehead atoms. The van der Waals surface area contributed by atoms with E-state index in [0.29, 0.717) is 12.1 Å². The molecule has 4 nitrogen and oxygen atoms in total. The number of nitrogens with two attached hydrogens (primary N) is 1. The van der Waals surface area contributed by atoms with Crippen molar-refractivity contribution in [3.8, 4) is 0 Å². The molecule has 0 radical (unpaired) electrons. The van der Waals surface area contributed by atoms with Crippen molar-refractivity contribution < 1.29 is 14.1 Å². The van der Waals surface area contributed by atoms with Crippen LogP contribution in [0.2, 0.25) is 0 Å². The highest BCUT2D eigenvalue weighted by molar-refractivity contribution is 6.56. The number of hydrogen-bond donors (Lipinski definition) is 1. The van der Waals surface area contributed by atoms with Gasteiger partial charge < -0.3 is 15.0 Å².